The highest BCUT2D eigenvalue weighted by Gasteiger charge is 2.49. The highest BCUT2D eigenvalue weighted by atomic mass is 16.5. The molecule has 0 amide bonds. The maximum atomic E-state index is 6.74. The minimum absolute atomic E-state index is 0.00174. The van der Waals surface area contributed by atoms with Gasteiger partial charge in [0, 0.05) is 18.1 Å². The van der Waals surface area contributed by atoms with E-state index in [1.165, 1.54) is 6.42 Å². The quantitative estimate of drug-likeness (QED) is 0.744. The Morgan fingerprint density at radius 3 is 2.00 bits per heavy atom. The largest absolute Gasteiger partial charge is 0.381 e. The van der Waals surface area contributed by atoms with E-state index in [4.69, 9.17) is 10.5 Å². The molecule has 2 nitrogen and oxygen atoms in total. The topological polar surface area (TPSA) is 35.2 Å². The third kappa shape index (κ3) is 2.43. The number of ether oxygens (including phenoxy) is 1. The predicted molar refractivity (Wildman–Crippen MR) is 67.3 cm³/mol. The Bertz CT molecular complexity index is 248. The predicted octanol–water partition coefficient (Wildman–Crippen LogP) is 2.96. The summed E-state index contributed by atoms with van der Waals surface area (Å²) in [5, 5.41) is 0. The van der Waals surface area contributed by atoms with Crippen LogP contribution in [0.3, 0.4) is 0 Å². The lowest BCUT2D eigenvalue weighted by molar-refractivity contribution is 0.0146. The highest BCUT2D eigenvalue weighted by molar-refractivity contribution is 5.04. The van der Waals surface area contributed by atoms with Gasteiger partial charge < -0.3 is 10.5 Å². The molecule has 0 radical (unpaired) electrons. The van der Waals surface area contributed by atoms with Gasteiger partial charge >= 0.3 is 0 Å². The zero-order chi connectivity index (χ0) is 12.0. The number of hydrogen-bond acceptors (Lipinski definition) is 2. The molecule has 1 aliphatic carbocycles. The molecular weight excluding hydrogens is 198 g/mol. The van der Waals surface area contributed by atoms with Crippen LogP contribution in [0.4, 0.5) is 0 Å². The summed E-state index contributed by atoms with van der Waals surface area (Å²) in [5.41, 5.74) is 7.49. The van der Waals surface area contributed by atoms with Gasteiger partial charge in [-0.2, -0.15) is 0 Å². The van der Waals surface area contributed by atoms with Crippen LogP contribution >= 0.6 is 0 Å². The summed E-state index contributed by atoms with van der Waals surface area (Å²) in [6, 6.07) is 0. The highest BCUT2D eigenvalue weighted by Crippen LogP contribution is 2.52. The SMILES string of the molecule is CC1(C)CC(C)(C)CC(N)(C2CCOC2)C1. The van der Waals surface area contributed by atoms with Crippen LogP contribution in [0, 0.1) is 16.7 Å². The van der Waals surface area contributed by atoms with Crippen molar-refractivity contribution in [2.45, 2.75) is 58.9 Å². The first-order valence-corrected chi connectivity index (χ1v) is 6.59. The maximum Gasteiger partial charge on any atom is 0.0512 e. The second kappa shape index (κ2) is 3.71. The van der Waals surface area contributed by atoms with Crippen LogP contribution in [0.1, 0.15) is 53.4 Å². The fraction of sp³-hybridized carbons (Fsp3) is 1.00. The van der Waals surface area contributed by atoms with Crippen LogP contribution in [-0.2, 0) is 4.74 Å². The lowest BCUT2D eigenvalue weighted by Crippen LogP contribution is -2.56. The smallest absolute Gasteiger partial charge is 0.0512 e. The summed E-state index contributed by atoms with van der Waals surface area (Å²) >= 11 is 0. The lowest BCUT2D eigenvalue weighted by Gasteiger charge is -2.52. The van der Waals surface area contributed by atoms with Crippen LogP contribution in [0.5, 0.6) is 0 Å². The molecule has 1 atom stereocenters. The molecule has 0 bridgehead atoms. The molecule has 2 rings (SSSR count). The van der Waals surface area contributed by atoms with Crippen molar-refractivity contribution < 1.29 is 4.74 Å². The second-order valence-corrected chi connectivity index (χ2v) is 7.65. The van der Waals surface area contributed by atoms with Gasteiger partial charge in [-0.1, -0.05) is 27.7 Å². The fourth-order valence-corrected chi connectivity index (χ4v) is 4.54. The Kier molecular flexibility index (Phi) is 2.87. The monoisotopic (exact) mass is 225 g/mol. The van der Waals surface area contributed by atoms with Crippen molar-refractivity contribution in [2.24, 2.45) is 22.5 Å². The Balaban J connectivity index is 2.19. The van der Waals surface area contributed by atoms with Gasteiger partial charge in [0.25, 0.3) is 0 Å². The molecule has 2 aliphatic rings. The standard InChI is InChI=1S/C14H27NO/c1-12(2)8-13(3,4)10-14(15,9-12)11-5-6-16-7-11/h11H,5-10,15H2,1-4H3. The molecular formula is C14H27NO. The third-order valence-corrected chi connectivity index (χ3v) is 4.32. The normalized spacial score (nSPS) is 36.2. The molecule has 1 heterocycles. The zero-order valence-electron chi connectivity index (χ0n) is 11.3. The summed E-state index contributed by atoms with van der Waals surface area (Å²) < 4.78 is 5.53. The molecule has 1 unspecified atom stereocenters. The van der Waals surface area contributed by atoms with Crippen LogP contribution in [-0.4, -0.2) is 18.8 Å². The third-order valence-electron chi connectivity index (χ3n) is 4.32. The molecule has 2 heteroatoms. The molecule has 1 saturated carbocycles. The van der Waals surface area contributed by atoms with E-state index in [9.17, 15) is 0 Å². The number of rotatable bonds is 1. The first kappa shape index (κ1) is 12.4. The van der Waals surface area contributed by atoms with Gasteiger partial charge in [0.15, 0.2) is 0 Å². The van der Waals surface area contributed by atoms with Gasteiger partial charge in [0.2, 0.25) is 0 Å². The minimum atomic E-state index is 0.00174. The second-order valence-electron chi connectivity index (χ2n) is 7.65. The van der Waals surface area contributed by atoms with Crippen LogP contribution < -0.4 is 5.73 Å². The van der Waals surface area contributed by atoms with Gasteiger partial charge in [-0.15, -0.1) is 0 Å². The zero-order valence-corrected chi connectivity index (χ0v) is 11.3. The van der Waals surface area contributed by atoms with E-state index < -0.39 is 0 Å². The molecule has 16 heavy (non-hydrogen) atoms. The molecule has 0 aromatic heterocycles. The van der Waals surface area contributed by atoms with E-state index in [1.807, 2.05) is 0 Å². The van der Waals surface area contributed by atoms with Crippen LogP contribution in [0.2, 0.25) is 0 Å². The number of hydrogen-bond donors (Lipinski definition) is 1. The summed E-state index contributed by atoms with van der Waals surface area (Å²) in [7, 11) is 0. The van der Waals surface area contributed by atoms with Crippen LogP contribution in [0.15, 0.2) is 0 Å². The Morgan fingerprint density at radius 2 is 1.56 bits per heavy atom. The van der Waals surface area contributed by atoms with Gasteiger partial charge in [-0.3, -0.25) is 0 Å². The van der Waals surface area contributed by atoms with E-state index in [0.717, 1.165) is 32.5 Å². The van der Waals surface area contributed by atoms with Crippen molar-refractivity contribution in [3.05, 3.63) is 0 Å². The van der Waals surface area contributed by atoms with E-state index in [0.29, 0.717) is 16.7 Å². The molecule has 1 aliphatic heterocycles. The summed E-state index contributed by atoms with van der Waals surface area (Å²) in [5.74, 6) is 0.575. The first-order chi connectivity index (χ1) is 7.23. The summed E-state index contributed by atoms with van der Waals surface area (Å²) in [6.45, 7) is 11.3. The van der Waals surface area contributed by atoms with Crippen molar-refractivity contribution >= 4 is 0 Å². The maximum absolute atomic E-state index is 6.74. The Labute approximate surface area is 99.9 Å². The van der Waals surface area contributed by atoms with E-state index in [-0.39, 0.29) is 5.54 Å². The van der Waals surface area contributed by atoms with E-state index >= 15 is 0 Å². The van der Waals surface area contributed by atoms with Crippen molar-refractivity contribution in [2.75, 3.05) is 13.2 Å². The summed E-state index contributed by atoms with van der Waals surface area (Å²) in [4.78, 5) is 0. The summed E-state index contributed by atoms with van der Waals surface area (Å²) in [6.07, 6.45) is 4.74. The first-order valence-electron chi connectivity index (χ1n) is 6.59. The van der Waals surface area contributed by atoms with E-state index in [2.05, 4.69) is 27.7 Å². The number of nitrogens with two attached hydrogens (primary N) is 1. The Hall–Kier alpha value is -0.0800. The minimum Gasteiger partial charge on any atom is -0.381 e. The molecule has 94 valence electrons. The van der Waals surface area contributed by atoms with Crippen LogP contribution in [0.25, 0.3) is 0 Å². The van der Waals surface area contributed by atoms with Gasteiger partial charge in [-0.05, 0) is 36.5 Å². The van der Waals surface area contributed by atoms with Crippen molar-refractivity contribution in [1.29, 1.82) is 0 Å². The lowest BCUT2D eigenvalue weighted by atomic mass is 9.55. The molecule has 0 spiro atoms. The fourth-order valence-electron chi connectivity index (χ4n) is 4.54. The molecule has 0 aromatic rings. The van der Waals surface area contributed by atoms with Crippen molar-refractivity contribution in [1.82, 2.24) is 0 Å². The molecule has 1 saturated heterocycles. The Morgan fingerprint density at radius 1 is 1.00 bits per heavy atom. The van der Waals surface area contributed by atoms with Crippen molar-refractivity contribution in [3.8, 4) is 0 Å². The average molecular weight is 225 g/mol. The molecule has 0 aromatic carbocycles. The molecule has 2 N–H and O–H groups in total. The molecule has 2 fully saturated rings. The van der Waals surface area contributed by atoms with E-state index in [1.54, 1.807) is 0 Å². The average Bonchev–Trinajstić information content (AvgIpc) is 2.46. The van der Waals surface area contributed by atoms with Crippen molar-refractivity contribution in [3.63, 3.8) is 0 Å². The van der Waals surface area contributed by atoms with Gasteiger partial charge in [0.05, 0.1) is 6.61 Å². The van der Waals surface area contributed by atoms with Gasteiger partial charge in [-0.25, -0.2) is 0 Å². The van der Waals surface area contributed by atoms with Gasteiger partial charge in [0.1, 0.15) is 0 Å².